The second-order valence-corrected chi connectivity index (χ2v) is 4.70. The molecule has 0 fully saturated rings. The standard InChI is InChI=1S/C9H8O3.C7H13NO2.2C2H6/c1-6(11)9-4-8(12)3-2-7(9)5-10;1-6(4-3-5-9)7(10)8-2;2*1-2/h2-5,12H,1H3;5-6H,3-4H2,1-2H3,(H,8,10);2*1-2H3. The predicted molar refractivity (Wildman–Crippen MR) is 105 cm³/mol. The molecule has 0 aliphatic rings. The third-order valence-electron chi connectivity index (χ3n) is 2.95. The van der Waals surface area contributed by atoms with E-state index in [1.54, 1.807) is 7.05 Å². The Morgan fingerprint density at radius 1 is 1.15 bits per heavy atom. The van der Waals surface area contributed by atoms with Crippen LogP contribution in [-0.2, 0) is 9.59 Å². The number of amides is 1. The maximum absolute atomic E-state index is 10.9. The first-order chi connectivity index (χ1) is 12.4. The van der Waals surface area contributed by atoms with Gasteiger partial charge in [-0.25, -0.2) is 0 Å². The Hall–Kier alpha value is -2.50. The van der Waals surface area contributed by atoms with Gasteiger partial charge in [-0.05, 0) is 31.5 Å². The molecule has 0 saturated heterocycles. The fourth-order valence-corrected chi connectivity index (χ4v) is 1.65. The molecule has 148 valence electrons. The summed E-state index contributed by atoms with van der Waals surface area (Å²) in [6.07, 6.45) is 2.54. The lowest BCUT2D eigenvalue weighted by Gasteiger charge is -2.05. The van der Waals surface area contributed by atoms with Gasteiger partial charge in [0, 0.05) is 30.5 Å². The van der Waals surface area contributed by atoms with Crippen LogP contribution in [0.1, 0.15) is 75.1 Å². The van der Waals surface area contributed by atoms with E-state index in [1.165, 1.54) is 25.1 Å². The highest BCUT2D eigenvalue weighted by molar-refractivity contribution is 6.01. The van der Waals surface area contributed by atoms with Crippen LogP contribution in [0, 0.1) is 5.92 Å². The lowest BCUT2D eigenvalue weighted by molar-refractivity contribution is -0.124. The Labute approximate surface area is 157 Å². The lowest BCUT2D eigenvalue weighted by Crippen LogP contribution is -2.25. The molecule has 1 aromatic rings. The molecule has 0 spiro atoms. The fraction of sp³-hybridized carbons (Fsp3) is 0.500. The molecule has 0 bridgehead atoms. The van der Waals surface area contributed by atoms with Crippen LogP contribution in [0.3, 0.4) is 0 Å². The molecule has 0 radical (unpaired) electrons. The number of Topliss-reactive ketones (excluding diaryl/α,β-unsaturated/α-hetero) is 1. The monoisotopic (exact) mass is 367 g/mol. The second kappa shape index (κ2) is 18.8. The maximum atomic E-state index is 10.9. The summed E-state index contributed by atoms with van der Waals surface area (Å²) in [5, 5.41) is 11.5. The van der Waals surface area contributed by atoms with E-state index >= 15 is 0 Å². The first kappa shape index (κ1) is 28.3. The number of ketones is 1. The van der Waals surface area contributed by atoms with Crippen molar-refractivity contribution in [2.75, 3.05) is 7.05 Å². The van der Waals surface area contributed by atoms with Crippen molar-refractivity contribution in [2.45, 2.75) is 54.4 Å². The molecular weight excluding hydrogens is 334 g/mol. The van der Waals surface area contributed by atoms with Gasteiger partial charge in [0.1, 0.15) is 12.0 Å². The minimum absolute atomic E-state index is 0.00171. The van der Waals surface area contributed by atoms with Gasteiger partial charge in [-0.1, -0.05) is 34.6 Å². The van der Waals surface area contributed by atoms with E-state index in [0.717, 1.165) is 6.29 Å². The van der Waals surface area contributed by atoms with E-state index in [4.69, 9.17) is 5.11 Å². The zero-order valence-electron chi connectivity index (χ0n) is 17.0. The quantitative estimate of drug-likeness (QED) is 0.588. The minimum atomic E-state index is -0.229. The van der Waals surface area contributed by atoms with Gasteiger partial charge in [-0.2, -0.15) is 0 Å². The van der Waals surface area contributed by atoms with Crippen LogP contribution in [0.25, 0.3) is 0 Å². The second-order valence-electron chi connectivity index (χ2n) is 4.70. The SMILES string of the molecule is CC.CC.CC(=O)c1cc(O)ccc1C=O.CNC(=O)C(C)CCC=O. The van der Waals surface area contributed by atoms with E-state index in [-0.39, 0.29) is 28.9 Å². The van der Waals surface area contributed by atoms with Gasteiger partial charge >= 0.3 is 0 Å². The van der Waals surface area contributed by atoms with Crippen LogP contribution in [-0.4, -0.2) is 36.4 Å². The van der Waals surface area contributed by atoms with Gasteiger partial charge in [0.25, 0.3) is 0 Å². The third-order valence-corrected chi connectivity index (χ3v) is 2.95. The molecular formula is C20H33NO5. The summed E-state index contributed by atoms with van der Waals surface area (Å²) in [5.41, 5.74) is 0.560. The zero-order valence-corrected chi connectivity index (χ0v) is 17.0. The minimum Gasteiger partial charge on any atom is -0.508 e. The molecule has 1 atom stereocenters. The van der Waals surface area contributed by atoms with Crippen LogP contribution in [0.5, 0.6) is 5.75 Å². The van der Waals surface area contributed by atoms with Crippen LogP contribution in [0.2, 0.25) is 0 Å². The number of phenolic OH excluding ortho intramolecular Hbond substituents is 1. The number of aldehydes is 2. The molecule has 0 saturated carbocycles. The van der Waals surface area contributed by atoms with Crippen LogP contribution >= 0.6 is 0 Å². The highest BCUT2D eigenvalue weighted by Gasteiger charge is 2.09. The molecule has 1 aromatic carbocycles. The smallest absolute Gasteiger partial charge is 0.222 e. The van der Waals surface area contributed by atoms with Crippen molar-refractivity contribution >= 4 is 24.3 Å². The Morgan fingerprint density at radius 3 is 2.08 bits per heavy atom. The van der Waals surface area contributed by atoms with Crippen molar-refractivity contribution in [3.8, 4) is 5.75 Å². The molecule has 0 aliphatic heterocycles. The third kappa shape index (κ3) is 12.9. The summed E-state index contributed by atoms with van der Waals surface area (Å²) >= 11 is 0. The van der Waals surface area contributed by atoms with E-state index in [1.807, 2.05) is 34.6 Å². The molecule has 0 aromatic heterocycles. The van der Waals surface area contributed by atoms with Gasteiger partial charge in [0.05, 0.1) is 0 Å². The van der Waals surface area contributed by atoms with Crippen molar-refractivity contribution in [2.24, 2.45) is 5.92 Å². The number of carbonyl (C=O) groups is 4. The molecule has 0 aliphatic carbocycles. The predicted octanol–water partition coefficient (Wildman–Crippen LogP) is 3.81. The number of carbonyl (C=O) groups excluding carboxylic acids is 4. The summed E-state index contributed by atoms with van der Waals surface area (Å²) in [7, 11) is 1.60. The Kier molecular flexibility index (Phi) is 20.5. The molecule has 6 nitrogen and oxygen atoms in total. The van der Waals surface area contributed by atoms with Crippen molar-refractivity contribution in [3.63, 3.8) is 0 Å². The van der Waals surface area contributed by atoms with Gasteiger partial charge in [0.2, 0.25) is 5.91 Å². The van der Waals surface area contributed by atoms with Gasteiger partial charge in [0.15, 0.2) is 12.1 Å². The van der Waals surface area contributed by atoms with Crippen LogP contribution in [0.4, 0.5) is 0 Å². The Balaban J connectivity index is -0.000000346. The topological polar surface area (TPSA) is 101 Å². The zero-order chi connectivity index (χ0) is 21.1. The number of aromatic hydroxyl groups is 1. The fourth-order valence-electron chi connectivity index (χ4n) is 1.65. The number of nitrogens with one attached hydrogen (secondary N) is 1. The van der Waals surface area contributed by atoms with Gasteiger partial charge in [-0.3, -0.25) is 14.4 Å². The molecule has 1 unspecified atom stereocenters. The molecule has 6 heteroatoms. The van der Waals surface area contributed by atoms with E-state index in [2.05, 4.69) is 5.32 Å². The maximum Gasteiger partial charge on any atom is 0.222 e. The van der Waals surface area contributed by atoms with Crippen molar-refractivity contribution in [3.05, 3.63) is 29.3 Å². The van der Waals surface area contributed by atoms with Crippen molar-refractivity contribution in [1.29, 1.82) is 0 Å². The van der Waals surface area contributed by atoms with Crippen molar-refractivity contribution in [1.82, 2.24) is 5.32 Å². The number of hydrogen-bond donors (Lipinski definition) is 2. The Morgan fingerprint density at radius 2 is 1.69 bits per heavy atom. The van der Waals surface area contributed by atoms with Crippen LogP contribution < -0.4 is 5.32 Å². The number of rotatable bonds is 6. The molecule has 1 rings (SSSR count). The van der Waals surface area contributed by atoms with Gasteiger partial charge in [-0.15, -0.1) is 0 Å². The largest absolute Gasteiger partial charge is 0.508 e. The average Bonchev–Trinajstić information content (AvgIpc) is 2.68. The first-order valence-electron chi connectivity index (χ1n) is 8.81. The average molecular weight is 367 g/mol. The molecule has 2 N–H and O–H groups in total. The summed E-state index contributed by atoms with van der Waals surface area (Å²) < 4.78 is 0. The first-order valence-corrected chi connectivity index (χ1v) is 8.81. The Bertz CT molecular complexity index is 541. The molecule has 0 heterocycles. The summed E-state index contributed by atoms with van der Waals surface area (Å²) in [6, 6.07) is 4.07. The summed E-state index contributed by atoms with van der Waals surface area (Å²) in [6.45, 7) is 11.2. The number of hydrogen-bond acceptors (Lipinski definition) is 5. The molecule has 26 heavy (non-hydrogen) atoms. The van der Waals surface area contributed by atoms with Crippen molar-refractivity contribution < 1.29 is 24.3 Å². The summed E-state index contributed by atoms with van der Waals surface area (Å²) in [4.78, 5) is 42.0. The highest BCUT2D eigenvalue weighted by atomic mass is 16.3. The summed E-state index contributed by atoms with van der Waals surface area (Å²) in [5.74, 6) is -0.282. The highest BCUT2D eigenvalue weighted by Crippen LogP contribution is 2.15. The van der Waals surface area contributed by atoms with E-state index in [0.29, 0.717) is 24.7 Å². The lowest BCUT2D eigenvalue weighted by atomic mass is 10.1. The normalized spacial score (nSPS) is 9.50. The molecule has 1 amide bonds. The van der Waals surface area contributed by atoms with E-state index < -0.39 is 0 Å². The number of benzene rings is 1. The van der Waals surface area contributed by atoms with E-state index in [9.17, 15) is 19.2 Å². The van der Waals surface area contributed by atoms with Crippen LogP contribution in [0.15, 0.2) is 18.2 Å². The number of phenols is 1. The van der Waals surface area contributed by atoms with Gasteiger partial charge < -0.3 is 15.2 Å².